The van der Waals surface area contributed by atoms with Crippen LogP contribution in [0.1, 0.15) is 19.4 Å². The molecule has 0 saturated heterocycles. The normalized spacial score (nSPS) is 12.3. The molecule has 0 spiro atoms. The number of likely N-dealkylation sites (N-methyl/N-ethyl adjacent to an activating group) is 1. The first kappa shape index (κ1) is 15.6. The first-order valence-corrected chi connectivity index (χ1v) is 5.71. The van der Waals surface area contributed by atoms with Crippen molar-refractivity contribution in [2.45, 2.75) is 19.4 Å². The van der Waals surface area contributed by atoms with Crippen LogP contribution in [0.2, 0.25) is 0 Å². The highest BCUT2D eigenvalue weighted by Gasteiger charge is 2.27. The van der Waals surface area contributed by atoms with Crippen LogP contribution in [-0.4, -0.2) is 45.3 Å². The summed E-state index contributed by atoms with van der Waals surface area (Å²) in [6.45, 7) is 3.34. The molecule has 0 aliphatic carbocycles. The molecule has 9 heteroatoms. The third-order valence-electron chi connectivity index (χ3n) is 3.06. The Bertz CT molecular complexity index is 544. The average Bonchev–Trinajstić information content (AvgIpc) is 2.44. The minimum Gasteiger partial charge on any atom is -0.409 e. The van der Waals surface area contributed by atoms with Gasteiger partial charge < -0.3 is 20.9 Å². The van der Waals surface area contributed by atoms with Gasteiger partial charge in [0.15, 0.2) is 5.84 Å². The van der Waals surface area contributed by atoms with E-state index in [9.17, 15) is 15.2 Å². The van der Waals surface area contributed by atoms with E-state index in [4.69, 9.17) is 10.9 Å². The highest BCUT2D eigenvalue weighted by atomic mass is 16.6. The van der Waals surface area contributed by atoms with Crippen LogP contribution in [0.3, 0.4) is 0 Å². The molecule has 0 atom stereocenters. The molecule has 9 nitrogen and oxygen atoms in total. The van der Waals surface area contributed by atoms with Gasteiger partial charge in [0.25, 0.3) is 5.69 Å². The number of anilines is 1. The van der Waals surface area contributed by atoms with Crippen molar-refractivity contribution in [2.75, 3.05) is 18.6 Å². The number of hydrogen-bond donors (Lipinski definition) is 3. The number of nitro groups is 1. The van der Waals surface area contributed by atoms with Crippen LogP contribution in [-0.2, 0) is 0 Å². The number of nitrogens with zero attached hydrogens (tertiary/aromatic N) is 4. The maximum Gasteiger partial charge on any atom is 0.288 e. The van der Waals surface area contributed by atoms with Crippen molar-refractivity contribution < 1.29 is 15.2 Å². The number of rotatable bonds is 5. The van der Waals surface area contributed by atoms with Gasteiger partial charge in [0.1, 0.15) is 12.0 Å². The summed E-state index contributed by atoms with van der Waals surface area (Å²) < 4.78 is 0. The minimum atomic E-state index is -0.673. The lowest BCUT2D eigenvalue weighted by molar-refractivity contribution is -0.385. The summed E-state index contributed by atoms with van der Waals surface area (Å²) in [7, 11) is 1.65. The van der Waals surface area contributed by atoms with Crippen molar-refractivity contribution >= 4 is 17.3 Å². The Hall–Kier alpha value is -2.42. The van der Waals surface area contributed by atoms with Gasteiger partial charge in [-0.2, -0.15) is 0 Å². The summed E-state index contributed by atoms with van der Waals surface area (Å²) in [6.07, 6.45) is 1.08. The van der Waals surface area contributed by atoms with E-state index in [0.29, 0.717) is 0 Å². The quantitative estimate of drug-likeness (QED) is 0.232. The van der Waals surface area contributed by atoms with Crippen LogP contribution in [0, 0.1) is 10.1 Å². The maximum absolute atomic E-state index is 10.8. The number of oxime groups is 1. The molecular formula is C11H17N5O4. The smallest absolute Gasteiger partial charge is 0.288 e. The number of aliphatic hydroxyl groups excluding tert-OH is 1. The first-order chi connectivity index (χ1) is 9.24. The summed E-state index contributed by atoms with van der Waals surface area (Å²) >= 11 is 0. The van der Waals surface area contributed by atoms with Crippen LogP contribution in [0.4, 0.5) is 11.5 Å². The fraction of sp³-hybridized carbons (Fsp3) is 0.455. The summed E-state index contributed by atoms with van der Waals surface area (Å²) in [5, 5.41) is 31.8. The Morgan fingerprint density at radius 1 is 1.65 bits per heavy atom. The number of aromatic nitrogens is 1. The second kappa shape index (κ2) is 5.70. The van der Waals surface area contributed by atoms with Crippen LogP contribution in [0.5, 0.6) is 0 Å². The van der Waals surface area contributed by atoms with E-state index >= 15 is 0 Å². The van der Waals surface area contributed by atoms with Gasteiger partial charge >= 0.3 is 0 Å². The van der Waals surface area contributed by atoms with Crippen molar-refractivity contribution in [3.8, 4) is 0 Å². The molecule has 0 unspecified atom stereocenters. The second-order valence-electron chi connectivity index (χ2n) is 4.84. The van der Waals surface area contributed by atoms with E-state index < -0.39 is 10.5 Å². The molecule has 1 aromatic rings. The molecule has 1 rings (SSSR count). The predicted octanol–water partition coefficient (Wildman–Crippen LogP) is 0.291. The third-order valence-corrected chi connectivity index (χ3v) is 3.06. The van der Waals surface area contributed by atoms with Crippen LogP contribution in [0.25, 0.3) is 0 Å². The van der Waals surface area contributed by atoms with Gasteiger partial charge in [-0.15, -0.1) is 0 Å². The molecule has 0 amide bonds. The molecule has 20 heavy (non-hydrogen) atoms. The average molecular weight is 283 g/mol. The van der Waals surface area contributed by atoms with Crippen LogP contribution >= 0.6 is 0 Å². The molecular weight excluding hydrogens is 266 g/mol. The van der Waals surface area contributed by atoms with Gasteiger partial charge in [-0.3, -0.25) is 10.1 Å². The molecule has 4 N–H and O–H groups in total. The SMILES string of the molecule is CN(c1ncc([N+](=O)[O-])cc1C(N)=NO)C(C)(C)CO. The molecule has 0 saturated carbocycles. The van der Waals surface area contributed by atoms with Crippen molar-refractivity contribution in [2.24, 2.45) is 10.9 Å². The van der Waals surface area contributed by atoms with Gasteiger partial charge in [0.2, 0.25) is 0 Å². The fourth-order valence-electron chi connectivity index (χ4n) is 1.45. The van der Waals surface area contributed by atoms with Crippen molar-refractivity contribution in [3.05, 3.63) is 27.9 Å². The van der Waals surface area contributed by atoms with Crippen molar-refractivity contribution in [1.29, 1.82) is 0 Å². The van der Waals surface area contributed by atoms with E-state index in [0.717, 1.165) is 6.20 Å². The van der Waals surface area contributed by atoms with Gasteiger partial charge in [-0.25, -0.2) is 4.98 Å². The van der Waals surface area contributed by atoms with Crippen molar-refractivity contribution in [1.82, 2.24) is 4.98 Å². The molecule has 0 aliphatic heterocycles. The van der Waals surface area contributed by atoms with E-state index in [1.807, 2.05) is 0 Å². The van der Waals surface area contributed by atoms with Gasteiger partial charge in [-0.1, -0.05) is 5.16 Å². The lowest BCUT2D eigenvalue weighted by atomic mass is 10.0. The molecule has 0 fully saturated rings. The summed E-state index contributed by atoms with van der Waals surface area (Å²) in [6, 6.07) is 1.17. The van der Waals surface area contributed by atoms with Gasteiger partial charge in [0.05, 0.1) is 22.6 Å². The highest BCUT2D eigenvalue weighted by molar-refractivity contribution is 6.02. The number of hydrogen-bond acceptors (Lipinski definition) is 7. The van der Waals surface area contributed by atoms with Crippen LogP contribution in [0.15, 0.2) is 17.4 Å². The Balaban J connectivity index is 3.43. The molecule has 0 bridgehead atoms. The topological polar surface area (TPSA) is 138 Å². The van der Waals surface area contributed by atoms with E-state index in [1.165, 1.54) is 6.07 Å². The van der Waals surface area contributed by atoms with E-state index in [2.05, 4.69) is 10.1 Å². The zero-order valence-corrected chi connectivity index (χ0v) is 11.4. The van der Waals surface area contributed by atoms with E-state index in [-0.39, 0.29) is 29.5 Å². The molecule has 1 aromatic heterocycles. The minimum absolute atomic E-state index is 0.116. The summed E-state index contributed by atoms with van der Waals surface area (Å²) in [4.78, 5) is 15.7. The number of nitrogens with two attached hydrogens (primary N) is 1. The molecule has 1 heterocycles. The maximum atomic E-state index is 10.8. The molecule has 0 aromatic carbocycles. The predicted molar refractivity (Wildman–Crippen MR) is 73.0 cm³/mol. The summed E-state index contributed by atoms with van der Waals surface area (Å²) in [5.74, 6) is -0.0262. The lowest BCUT2D eigenvalue weighted by Gasteiger charge is -2.35. The number of aliphatic hydroxyl groups is 1. The first-order valence-electron chi connectivity index (χ1n) is 5.71. The zero-order chi connectivity index (χ0) is 15.5. The zero-order valence-electron chi connectivity index (χ0n) is 11.4. The van der Waals surface area contributed by atoms with E-state index in [1.54, 1.807) is 25.8 Å². The monoisotopic (exact) mass is 283 g/mol. The fourth-order valence-corrected chi connectivity index (χ4v) is 1.45. The van der Waals surface area contributed by atoms with Crippen molar-refractivity contribution in [3.63, 3.8) is 0 Å². The molecule has 0 aliphatic rings. The Morgan fingerprint density at radius 3 is 2.70 bits per heavy atom. The largest absolute Gasteiger partial charge is 0.409 e. The molecule has 110 valence electrons. The van der Waals surface area contributed by atoms with Gasteiger partial charge in [0, 0.05) is 13.1 Å². The van der Waals surface area contributed by atoms with Gasteiger partial charge in [-0.05, 0) is 13.8 Å². The number of amidine groups is 1. The second-order valence-corrected chi connectivity index (χ2v) is 4.84. The molecule has 0 radical (unpaired) electrons. The Morgan fingerprint density at radius 2 is 2.25 bits per heavy atom. The highest BCUT2D eigenvalue weighted by Crippen LogP contribution is 2.26. The summed E-state index contributed by atoms with van der Waals surface area (Å²) in [5.41, 5.74) is 4.71. The Labute approximate surface area is 115 Å². The standard InChI is InChI=1S/C11H17N5O4/c1-11(2,6-17)15(3)10-8(9(12)14-18)4-7(5-13-10)16(19)20/h4-5,17-18H,6H2,1-3H3,(H2,12,14). The Kier molecular flexibility index (Phi) is 4.45. The third kappa shape index (κ3) is 2.94. The number of pyridine rings is 1. The van der Waals surface area contributed by atoms with Crippen LogP contribution < -0.4 is 10.6 Å². The lowest BCUT2D eigenvalue weighted by Crippen LogP contribution is -2.45.